The minimum absolute atomic E-state index is 0.137. The molecule has 1 aliphatic rings. The lowest BCUT2D eigenvalue weighted by Crippen LogP contribution is -2.51. The van der Waals surface area contributed by atoms with E-state index in [1.807, 2.05) is 6.92 Å². The van der Waals surface area contributed by atoms with E-state index in [1.54, 1.807) is 0 Å². The maximum Gasteiger partial charge on any atom is 0.258 e. The number of nitrogens with one attached hydrogen (secondary N) is 1. The Morgan fingerprint density at radius 1 is 1.64 bits per heavy atom. The van der Waals surface area contributed by atoms with Crippen LogP contribution in [0.3, 0.4) is 0 Å². The summed E-state index contributed by atoms with van der Waals surface area (Å²) in [5.74, 6) is 0. The van der Waals surface area contributed by atoms with Crippen LogP contribution >= 0.6 is 0 Å². The Morgan fingerprint density at radius 2 is 2.36 bits per heavy atom. The maximum atomic E-state index is 12.4. The van der Waals surface area contributed by atoms with E-state index in [9.17, 15) is 8.78 Å². The summed E-state index contributed by atoms with van der Waals surface area (Å²) in [5, 5.41) is 2.78. The zero-order valence-electron chi connectivity index (χ0n) is 6.57. The van der Waals surface area contributed by atoms with E-state index in [4.69, 9.17) is 4.74 Å². The molecule has 1 heterocycles. The Balaban J connectivity index is 2.55. The van der Waals surface area contributed by atoms with Crippen LogP contribution in [0.5, 0.6) is 0 Å². The molecule has 0 spiro atoms. The summed E-state index contributed by atoms with van der Waals surface area (Å²) in [6.07, 6.45) is -1.91. The van der Waals surface area contributed by atoms with Crippen molar-refractivity contribution in [3.8, 4) is 0 Å². The molecule has 1 N–H and O–H groups in total. The van der Waals surface area contributed by atoms with Crippen LogP contribution in [0.2, 0.25) is 0 Å². The van der Waals surface area contributed by atoms with Crippen molar-refractivity contribution in [2.45, 2.75) is 25.3 Å². The fourth-order valence-electron chi connectivity index (χ4n) is 1.32. The van der Waals surface area contributed by atoms with Crippen LogP contribution in [-0.2, 0) is 4.74 Å². The number of alkyl halides is 2. The third kappa shape index (κ3) is 1.68. The summed E-state index contributed by atoms with van der Waals surface area (Å²) < 4.78 is 29.8. The molecule has 1 unspecified atom stereocenters. The third-order valence-corrected chi connectivity index (χ3v) is 2.00. The first-order chi connectivity index (χ1) is 5.21. The third-order valence-electron chi connectivity index (χ3n) is 2.00. The fourth-order valence-corrected chi connectivity index (χ4v) is 1.32. The van der Waals surface area contributed by atoms with Crippen molar-refractivity contribution in [3.05, 3.63) is 0 Å². The second-order valence-corrected chi connectivity index (χ2v) is 2.79. The second kappa shape index (κ2) is 3.45. The van der Waals surface area contributed by atoms with Gasteiger partial charge in [0.05, 0.1) is 6.61 Å². The molecule has 0 amide bonds. The number of likely N-dealkylation sites (N-methyl/N-ethyl adjacent to an activating group) is 1. The predicted octanol–water partition coefficient (Wildman–Crippen LogP) is 1.02. The van der Waals surface area contributed by atoms with Crippen LogP contribution in [0.25, 0.3) is 0 Å². The van der Waals surface area contributed by atoms with Crippen molar-refractivity contribution in [2.24, 2.45) is 0 Å². The average Bonchev–Trinajstić information content (AvgIpc) is 2.38. The van der Waals surface area contributed by atoms with Gasteiger partial charge in [0.25, 0.3) is 6.43 Å². The van der Waals surface area contributed by atoms with E-state index in [1.165, 1.54) is 0 Å². The van der Waals surface area contributed by atoms with Gasteiger partial charge in [-0.05, 0) is 13.0 Å². The molecule has 0 aliphatic carbocycles. The van der Waals surface area contributed by atoms with E-state index in [2.05, 4.69) is 5.32 Å². The Hall–Kier alpha value is -0.220. The van der Waals surface area contributed by atoms with Crippen LogP contribution in [0, 0.1) is 0 Å². The molecule has 1 aliphatic heterocycles. The Kier molecular flexibility index (Phi) is 2.78. The number of hydrogen-bond donors (Lipinski definition) is 1. The molecule has 11 heavy (non-hydrogen) atoms. The number of hydrogen-bond acceptors (Lipinski definition) is 2. The largest absolute Gasteiger partial charge is 0.379 e. The first-order valence-corrected chi connectivity index (χ1v) is 3.82. The van der Waals surface area contributed by atoms with Gasteiger partial charge < -0.3 is 10.1 Å². The molecule has 1 saturated heterocycles. The Bertz CT molecular complexity index is 124. The van der Waals surface area contributed by atoms with E-state index >= 15 is 0 Å². The zero-order chi connectivity index (χ0) is 8.32. The van der Waals surface area contributed by atoms with Gasteiger partial charge in [-0.2, -0.15) is 0 Å². The molecule has 0 aromatic rings. The van der Waals surface area contributed by atoms with Gasteiger partial charge in [-0.1, -0.05) is 6.92 Å². The first-order valence-electron chi connectivity index (χ1n) is 3.82. The topological polar surface area (TPSA) is 21.3 Å². The van der Waals surface area contributed by atoms with Gasteiger partial charge in [0.15, 0.2) is 0 Å². The summed E-state index contributed by atoms with van der Waals surface area (Å²) >= 11 is 0. The first kappa shape index (κ1) is 8.87. The summed E-state index contributed by atoms with van der Waals surface area (Å²) in [5.41, 5.74) is -1.06. The summed E-state index contributed by atoms with van der Waals surface area (Å²) in [4.78, 5) is 0. The van der Waals surface area contributed by atoms with E-state index < -0.39 is 12.0 Å². The highest BCUT2D eigenvalue weighted by atomic mass is 19.3. The van der Waals surface area contributed by atoms with Gasteiger partial charge in [-0.15, -0.1) is 0 Å². The minimum Gasteiger partial charge on any atom is -0.379 e. The van der Waals surface area contributed by atoms with Crippen molar-refractivity contribution >= 4 is 0 Å². The normalized spacial score (nSPS) is 31.6. The lowest BCUT2D eigenvalue weighted by atomic mass is 10.00. The lowest BCUT2D eigenvalue weighted by molar-refractivity contribution is 0.0226. The van der Waals surface area contributed by atoms with Crippen LogP contribution < -0.4 is 5.32 Å². The van der Waals surface area contributed by atoms with Gasteiger partial charge in [-0.25, -0.2) is 8.78 Å². The zero-order valence-corrected chi connectivity index (χ0v) is 6.57. The highest BCUT2D eigenvalue weighted by Gasteiger charge is 2.42. The maximum absolute atomic E-state index is 12.4. The molecular weight excluding hydrogens is 152 g/mol. The number of halogens is 2. The van der Waals surface area contributed by atoms with Gasteiger partial charge in [0.1, 0.15) is 5.54 Å². The lowest BCUT2D eigenvalue weighted by Gasteiger charge is -2.26. The van der Waals surface area contributed by atoms with Crippen LogP contribution in [0.1, 0.15) is 13.3 Å². The van der Waals surface area contributed by atoms with Gasteiger partial charge in [0, 0.05) is 6.61 Å². The van der Waals surface area contributed by atoms with Crippen molar-refractivity contribution in [1.82, 2.24) is 5.32 Å². The number of rotatable bonds is 3. The highest BCUT2D eigenvalue weighted by molar-refractivity contribution is 4.93. The molecule has 0 radical (unpaired) electrons. The second-order valence-electron chi connectivity index (χ2n) is 2.79. The predicted molar refractivity (Wildman–Crippen MR) is 37.8 cm³/mol. The quantitative estimate of drug-likeness (QED) is 0.674. The van der Waals surface area contributed by atoms with Crippen molar-refractivity contribution < 1.29 is 13.5 Å². The van der Waals surface area contributed by atoms with Crippen LogP contribution in [0.4, 0.5) is 8.78 Å². The molecule has 0 saturated carbocycles. The molecule has 1 fully saturated rings. The summed E-state index contributed by atoms with van der Waals surface area (Å²) in [7, 11) is 0. The highest BCUT2D eigenvalue weighted by Crippen LogP contribution is 2.25. The van der Waals surface area contributed by atoms with Gasteiger partial charge in [-0.3, -0.25) is 0 Å². The standard InChI is InChI=1S/C7H13F2NO/c1-2-10-7(6(8)9)3-4-11-5-7/h6,10H,2-5H2,1H3. The number of ether oxygens (including phenoxy) is 1. The monoisotopic (exact) mass is 165 g/mol. The molecule has 66 valence electrons. The van der Waals surface area contributed by atoms with Gasteiger partial charge in [0.2, 0.25) is 0 Å². The summed E-state index contributed by atoms with van der Waals surface area (Å²) in [6, 6.07) is 0. The van der Waals surface area contributed by atoms with Crippen molar-refractivity contribution in [2.75, 3.05) is 19.8 Å². The van der Waals surface area contributed by atoms with Crippen molar-refractivity contribution in [1.29, 1.82) is 0 Å². The van der Waals surface area contributed by atoms with Crippen molar-refractivity contribution in [3.63, 3.8) is 0 Å². The average molecular weight is 165 g/mol. The SMILES string of the molecule is CCNC1(C(F)F)CCOC1. The van der Waals surface area contributed by atoms with Crippen LogP contribution in [-0.4, -0.2) is 31.7 Å². The van der Waals surface area contributed by atoms with E-state index in [-0.39, 0.29) is 6.61 Å². The fraction of sp³-hybridized carbons (Fsp3) is 1.00. The minimum atomic E-state index is -2.33. The molecule has 0 bridgehead atoms. The molecule has 4 heteroatoms. The molecule has 0 aromatic heterocycles. The molecule has 1 rings (SSSR count). The molecule has 1 atom stereocenters. The van der Waals surface area contributed by atoms with E-state index in [0.29, 0.717) is 19.6 Å². The van der Waals surface area contributed by atoms with Gasteiger partial charge >= 0.3 is 0 Å². The Labute approximate surface area is 64.9 Å². The van der Waals surface area contributed by atoms with Crippen LogP contribution in [0.15, 0.2) is 0 Å². The van der Waals surface area contributed by atoms with E-state index in [0.717, 1.165) is 0 Å². The molecule has 0 aromatic carbocycles. The summed E-state index contributed by atoms with van der Waals surface area (Å²) in [6.45, 7) is 2.96. The smallest absolute Gasteiger partial charge is 0.258 e. The Morgan fingerprint density at radius 3 is 2.73 bits per heavy atom. The molecular formula is C7H13F2NO. The molecule has 2 nitrogen and oxygen atoms in total.